The van der Waals surface area contributed by atoms with E-state index in [1.165, 1.54) is 19.3 Å². The highest BCUT2D eigenvalue weighted by Gasteiger charge is 2.18. The highest BCUT2D eigenvalue weighted by atomic mass is 79.9. The van der Waals surface area contributed by atoms with E-state index in [1.807, 2.05) is 19.1 Å². The van der Waals surface area contributed by atoms with Gasteiger partial charge in [-0.2, -0.15) is 0 Å². The lowest BCUT2D eigenvalue weighted by Crippen LogP contribution is -2.35. The molecule has 0 amide bonds. The third-order valence-corrected chi connectivity index (χ3v) is 4.09. The van der Waals surface area contributed by atoms with Crippen LogP contribution in [-0.2, 0) is 0 Å². The van der Waals surface area contributed by atoms with Crippen LogP contribution >= 0.6 is 28.1 Å². The third kappa shape index (κ3) is 3.23. The molecule has 1 aromatic carbocycles. The van der Waals surface area contributed by atoms with Gasteiger partial charge in [0.15, 0.2) is 0 Å². The maximum atomic E-state index is 5.67. The van der Waals surface area contributed by atoms with Gasteiger partial charge in [-0.1, -0.05) is 28.1 Å². The number of halogens is 1. The number of ether oxygens (including phenoxy) is 1. The zero-order valence-corrected chi connectivity index (χ0v) is 13.0. The van der Waals surface area contributed by atoms with Gasteiger partial charge in [-0.25, -0.2) is 0 Å². The lowest BCUT2D eigenvalue weighted by atomic mass is 10.1. The Kier molecular flexibility index (Phi) is 5.01. The van der Waals surface area contributed by atoms with Crippen molar-refractivity contribution in [2.45, 2.75) is 26.2 Å². The molecule has 4 heteroatoms. The molecular formula is C14H18BrNOS. The van der Waals surface area contributed by atoms with Crippen LogP contribution in [0.1, 0.15) is 31.7 Å². The number of thiocarbonyl (C=S) groups is 1. The van der Waals surface area contributed by atoms with Gasteiger partial charge in [0, 0.05) is 17.6 Å². The van der Waals surface area contributed by atoms with Crippen LogP contribution in [0.5, 0.6) is 5.75 Å². The number of nitrogens with zero attached hydrogens (tertiary/aromatic N) is 1. The molecule has 0 radical (unpaired) electrons. The molecule has 1 aliphatic heterocycles. The molecule has 0 aromatic heterocycles. The van der Waals surface area contributed by atoms with Crippen LogP contribution in [0.3, 0.4) is 0 Å². The molecule has 1 fully saturated rings. The van der Waals surface area contributed by atoms with Gasteiger partial charge >= 0.3 is 0 Å². The van der Waals surface area contributed by atoms with E-state index < -0.39 is 0 Å². The summed E-state index contributed by atoms with van der Waals surface area (Å²) in [6.07, 6.45) is 3.78. The summed E-state index contributed by atoms with van der Waals surface area (Å²) in [7, 11) is 0. The SMILES string of the molecule is CCOc1ccc(Br)cc1C(=S)N1CCCCC1. The maximum absolute atomic E-state index is 5.67. The first-order valence-corrected chi connectivity index (χ1v) is 7.64. The summed E-state index contributed by atoms with van der Waals surface area (Å²) < 4.78 is 6.71. The molecule has 0 saturated carbocycles. The van der Waals surface area contributed by atoms with Crippen molar-refractivity contribution >= 4 is 33.1 Å². The predicted octanol–water partition coefficient (Wildman–Crippen LogP) is 4.01. The van der Waals surface area contributed by atoms with E-state index >= 15 is 0 Å². The number of piperidine rings is 1. The molecular weight excluding hydrogens is 310 g/mol. The molecule has 0 aliphatic carbocycles. The molecule has 2 rings (SSSR count). The first-order valence-electron chi connectivity index (χ1n) is 6.44. The van der Waals surface area contributed by atoms with Gasteiger partial charge in [0.2, 0.25) is 0 Å². The average molecular weight is 328 g/mol. The molecule has 1 aromatic rings. The van der Waals surface area contributed by atoms with Gasteiger partial charge in [0.1, 0.15) is 10.7 Å². The van der Waals surface area contributed by atoms with E-state index in [9.17, 15) is 0 Å². The van der Waals surface area contributed by atoms with Crippen LogP contribution < -0.4 is 4.74 Å². The van der Waals surface area contributed by atoms with E-state index in [0.717, 1.165) is 33.9 Å². The van der Waals surface area contributed by atoms with Gasteiger partial charge < -0.3 is 9.64 Å². The second-order valence-electron chi connectivity index (χ2n) is 4.43. The topological polar surface area (TPSA) is 12.5 Å². The summed E-state index contributed by atoms with van der Waals surface area (Å²) in [4.78, 5) is 3.21. The third-order valence-electron chi connectivity index (χ3n) is 3.12. The Morgan fingerprint density at radius 2 is 2.06 bits per heavy atom. The van der Waals surface area contributed by atoms with Gasteiger partial charge in [-0.15, -0.1) is 0 Å². The molecule has 98 valence electrons. The summed E-state index contributed by atoms with van der Waals surface area (Å²) in [6, 6.07) is 6.04. The summed E-state index contributed by atoms with van der Waals surface area (Å²) >= 11 is 9.13. The number of rotatable bonds is 3. The minimum absolute atomic E-state index is 0.664. The van der Waals surface area contributed by atoms with Crippen molar-refractivity contribution in [1.29, 1.82) is 0 Å². The highest BCUT2D eigenvalue weighted by molar-refractivity contribution is 9.10. The molecule has 1 saturated heterocycles. The van der Waals surface area contributed by atoms with E-state index in [2.05, 4.69) is 26.9 Å². The smallest absolute Gasteiger partial charge is 0.129 e. The first kappa shape index (κ1) is 13.8. The minimum Gasteiger partial charge on any atom is -0.493 e. The first-order chi connectivity index (χ1) is 8.72. The fraction of sp³-hybridized carbons (Fsp3) is 0.500. The zero-order chi connectivity index (χ0) is 13.0. The van der Waals surface area contributed by atoms with Crippen molar-refractivity contribution < 1.29 is 4.74 Å². The summed E-state index contributed by atoms with van der Waals surface area (Å²) in [5.74, 6) is 0.885. The van der Waals surface area contributed by atoms with Crippen LogP contribution in [0, 0.1) is 0 Å². The molecule has 18 heavy (non-hydrogen) atoms. The Labute approximate surface area is 122 Å². The number of hydrogen-bond acceptors (Lipinski definition) is 2. The van der Waals surface area contributed by atoms with Crippen molar-refractivity contribution in [3.8, 4) is 5.75 Å². The fourth-order valence-electron chi connectivity index (χ4n) is 2.22. The van der Waals surface area contributed by atoms with E-state index in [1.54, 1.807) is 0 Å². The monoisotopic (exact) mass is 327 g/mol. The standard InChI is InChI=1S/C14H18BrNOS/c1-2-17-13-7-6-11(15)10-12(13)14(18)16-8-4-3-5-9-16/h6-7,10H,2-5,8-9H2,1H3. The Morgan fingerprint density at radius 1 is 1.33 bits per heavy atom. The molecule has 0 unspecified atom stereocenters. The zero-order valence-electron chi connectivity index (χ0n) is 10.6. The molecule has 1 heterocycles. The fourth-order valence-corrected chi connectivity index (χ4v) is 2.92. The average Bonchev–Trinajstić information content (AvgIpc) is 2.41. The molecule has 1 aliphatic rings. The molecule has 0 atom stereocenters. The predicted molar refractivity (Wildman–Crippen MR) is 82.4 cm³/mol. The van der Waals surface area contributed by atoms with Crippen LogP contribution in [0.15, 0.2) is 22.7 Å². The van der Waals surface area contributed by atoms with Crippen molar-refractivity contribution in [1.82, 2.24) is 4.90 Å². The lowest BCUT2D eigenvalue weighted by molar-refractivity contribution is 0.332. The highest BCUT2D eigenvalue weighted by Crippen LogP contribution is 2.26. The number of hydrogen-bond donors (Lipinski definition) is 0. The van der Waals surface area contributed by atoms with Gasteiger partial charge in [-0.05, 0) is 44.4 Å². The summed E-state index contributed by atoms with van der Waals surface area (Å²) in [5.41, 5.74) is 1.03. The molecule has 0 N–H and O–H groups in total. The van der Waals surface area contributed by atoms with E-state index in [-0.39, 0.29) is 0 Å². The Bertz CT molecular complexity index is 430. The van der Waals surface area contributed by atoms with Crippen molar-refractivity contribution in [3.05, 3.63) is 28.2 Å². The van der Waals surface area contributed by atoms with Gasteiger partial charge in [0.05, 0.1) is 12.2 Å². The van der Waals surface area contributed by atoms with Crippen LogP contribution in [0.2, 0.25) is 0 Å². The number of benzene rings is 1. The second-order valence-corrected chi connectivity index (χ2v) is 5.73. The van der Waals surface area contributed by atoms with Crippen LogP contribution in [0.25, 0.3) is 0 Å². The van der Waals surface area contributed by atoms with Crippen LogP contribution in [0.4, 0.5) is 0 Å². The largest absolute Gasteiger partial charge is 0.493 e. The molecule has 2 nitrogen and oxygen atoms in total. The maximum Gasteiger partial charge on any atom is 0.129 e. The Morgan fingerprint density at radius 3 is 2.72 bits per heavy atom. The quantitative estimate of drug-likeness (QED) is 0.778. The lowest BCUT2D eigenvalue weighted by Gasteiger charge is -2.29. The van der Waals surface area contributed by atoms with Crippen molar-refractivity contribution in [2.24, 2.45) is 0 Å². The molecule has 0 bridgehead atoms. The Balaban J connectivity index is 2.24. The van der Waals surface area contributed by atoms with Crippen molar-refractivity contribution in [2.75, 3.05) is 19.7 Å². The van der Waals surface area contributed by atoms with Gasteiger partial charge in [-0.3, -0.25) is 0 Å². The van der Waals surface area contributed by atoms with Crippen LogP contribution in [-0.4, -0.2) is 29.6 Å². The normalized spacial score (nSPS) is 15.6. The molecule has 0 spiro atoms. The van der Waals surface area contributed by atoms with Gasteiger partial charge in [0.25, 0.3) is 0 Å². The Hall–Kier alpha value is -0.610. The number of likely N-dealkylation sites (tertiary alicyclic amines) is 1. The summed E-state index contributed by atoms with van der Waals surface area (Å²) in [5, 5.41) is 0. The van der Waals surface area contributed by atoms with E-state index in [4.69, 9.17) is 17.0 Å². The van der Waals surface area contributed by atoms with Crippen molar-refractivity contribution in [3.63, 3.8) is 0 Å². The minimum atomic E-state index is 0.664. The van der Waals surface area contributed by atoms with E-state index in [0.29, 0.717) is 6.61 Å². The second kappa shape index (κ2) is 6.53. The summed E-state index contributed by atoms with van der Waals surface area (Å²) in [6.45, 7) is 4.79.